The first-order valence-corrected chi connectivity index (χ1v) is 7.16. The number of carboxylic acid groups (broad SMARTS) is 1. The molecule has 0 aromatic heterocycles. The number of hydrogen-bond acceptors (Lipinski definition) is 4. The van der Waals surface area contributed by atoms with Crippen molar-refractivity contribution in [3.63, 3.8) is 0 Å². The molecule has 1 aromatic carbocycles. The van der Waals surface area contributed by atoms with E-state index >= 15 is 0 Å². The molecule has 0 N–H and O–H groups in total. The smallest absolute Gasteiger partial charge is 0.269 e. The lowest BCUT2D eigenvalue weighted by molar-refractivity contribution is -0.921. The number of nitro benzene ring substituents is 1. The summed E-state index contributed by atoms with van der Waals surface area (Å²) in [5, 5.41) is 20.3. The summed E-state index contributed by atoms with van der Waals surface area (Å²) in [5.74, 6) is -1.34. The number of carboxylic acids is 1. The minimum Gasteiger partial charge on any atom is -0.545 e. The topological polar surface area (TPSA) is 83.3 Å². The Kier molecular flexibility index (Phi) is 8.23. The predicted molar refractivity (Wildman–Crippen MR) is 79.9 cm³/mol. The van der Waals surface area contributed by atoms with Gasteiger partial charge < -0.3 is 14.4 Å². The van der Waals surface area contributed by atoms with Gasteiger partial charge in [0, 0.05) is 12.1 Å². The van der Waals surface area contributed by atoms with Crippen molar-refractivity contribution in [3.05, 3.63) is 39.9 Å². The molecule has 118 valence electrons. The zero-order valence-electron chi connectivity index (χ0n) is 13.2. The minimum absolute atomic E-state index is 0.0689. The first-order chi connectivity index (χ1) is 9.85. The first kappa shape index (κ1) is 19.1. The Morgan fingerprint density at radius 3 is 1.57 bits per heavy atom. The molecule has 0 radical (unpaired) electrons. The van der Waals surface area contributed by atoms with Gasteiger partial charge in [0.1, 0.15) is 0 Å². The van der Waals surface area contributed by atoms with Crippen molar-refractivity contribution >= 4 is 11.7 Å². The van der Waals surface area contributed by atoms with Crippen LogP contribution in [0.3, 0.4) is 0 Å². The summed E-state index contributed by atoms with van der Waals surface area (Å²) in [6.45, 7) is 14.2. The van der Waals surface area contributed by atoms with Crippen LogP contribution in [0.1, 0.15) is 38.1 Å². The van der Waals surface area contributed by atoms with Gasteiger partial charge in [-0.3, -0.25) is 10.1 Å². The Bertz CT molecular complexity index is 403. The van der Waals surface area contributed by atoms with E-state index in [1.807, 2.05) is 0 Å². The van der Waals surface area contributed by atoms with E-state index in [-0.39, 0.29) is 11.3 Å². The van der Waals surface area contributed by atoms with E-state index in [0.29, 0.717) is 0 Å². The number of carbonyl (C=O) groups is 1. The molecule has 0 heterocycles. The number of rotatable bonds is 6. The molecule has 6 nitrogen and oxygen atoms in total. The maximum atomic E-state index is 10.2. The minimum atomic E-state index is -1.34. The lowest BCUT2D eigenvalue weighted by atomic mass is 10.2. The average molecular weight is 296 g/mol. The van der Waals surface area contributed by atoms with Crippen molar-refractivity contribution < 1.29 is 19.3 Å². The van der Waals surface area contributed by atoms with Crippen LogP contribution < -0.4 is 5.11 Å². The van der Waals surface area contributed by atoms with Gasteiger partial charge in [-0.1, -0.05) is 0 Å². The Balaban J connectivity index is 0.000000400. The summed E-state index contributed by atoms with van der Waals surface area (Å²) < 4.78 is 1.28. The van der Waals surface area contributed by atoms with E-state index in [1.54, 1.807) is 0 Å². The Morgan fingerprint density at radius 2 is 1.38 bits per heavy atom. The molecule has 0 saturated heterocycles. The van der Waals surface area contributed by atoms with E-state index < -0.39 is 10.9 Å². The van der Waals surface area contributed by atoms with Crippen molar-refractivity contribution in [1.82, 2.24) is 0 Å². The molecule has 6 heteroatoms. The van der Waals surface area contributed by atoms with Crippen LogP contribution in [0.15, 0.2) is 24.3 Å². The summed E-state index contributed by atoms with van der Waals surface area (Å²) in [4.78, 5) is 19.7. The van der Waals surface area contributed by atoms with Crippen molar-refractivity contribution in [2.45, 2.75) is 27.7 Å². The lowest BCUT2D eigenvalue weighted by Crippen LogP contribution is -2.47. The lowest BCUT2D eigenvalue weighted by Gasteiger charge is -2.34. The fourth-order valence-electron chi connectivity index (χ4n) is 2.06. The van der Waals surface area contributed by atoms with Crippen LogP contribution in [0, 0.1) is 10.1 Å². The van der Waals surface area contributed by atoms with Crippen molar-refractivity contribution in [2.24, 2.45) is 0 Å². The third-order valence-corrected chi connectivity index (χ3v) is 4.00. The molecular formula is C15H24N2O4. The number of nitro groups is 1. The van der Waals surface area contributed by atoms with Gasteiger partial charge in [0.2, 0.25) is 0 Å². The van der Waals surface area contributed by atoms with Gasteiger partial charge in [0.05, 0.1) is 37.1 Å². The van der Waals surface area contributed by atoms with E-state index in [2.05, 4.69) is 27.7 Å². The molecule has 0 amide bonds. The highest BCUT2D eigenvalue weighted by Crippen LogP contribution is 2.10. The fourth-order valence-corrected chi connectivity index (χ4v) is 2.06. The summed E-state index contributed by atoms with van der Waals surface area (Å²) in [6, 6.07) is 4.50. The van der Waals surface area contributed by atoms with Crippen molar-refractivity contribution in [2.75, 3.05) is 26.2 Å². The number of carbonyl (C=O) groups excluding carboxylic acids is 1. The van der Waals surface area contributed by atoms with Crippen LogP contribution in [-0.2, 0) is 0 Å². The normalized spacial score (nSPS) is 10.5. The van der Waals surface area contributed by atoms with Gasteiger partial charge in [-0.2, -0.15) is 0 Å². The molecule has 0 bridgehead atoms. The number of quaternary nitrogens is 1. The molecule has 0 aliphatic heterocycles. The summed E-state index contributed by atoms with van der Waals surface area (Å²) in [5.41, 5.74) is -0.208. The van der Waals surface area contributed by atoms with Crippen LogP contribution >= 0.6 is 0 Å². The second-order valence-corrected chi connectivity index (χ2v) is 4.70. The Morgan fingerprint density at radius 1 is 1.00 bits per heavy atom. The second-order valence-electron chi connectivity index (χ2n) is 4.70. The highest BCUT2D eigenvalue weighted by atomic mass is 16.6. The fraction of sp³-hybridized carbons (Fsp3) is 0.533. The van der Waals surface area contributed by atoms with Crippen LogP contribution in [0.4, 0.5) is 5.69 Å². The molecule has 0 saturated carbocycles. The number of benzene rings is 1. The average Bonchev–Trinajstić information content (AvgIpc) is 2.51. The van der Waals surface area contributed by atoms with Crippen LogP contribution in [-0.4, -0.2) is 41.6 Å². The van der Waals surface area contributed by atoms with Gasteiger partial charge in [-0.25, -0.2) is 0 Å². The molecule has 0 fully saturated rings. The predicted octanol–water partition coefficient (Wildman–Crippen LogP) is 1.84. The monoisotopic (exact) mass is 296 g/mol. The van der Waals surface area contributed by atoms with Gasteiger partial charge in [0.15, 0.2) is 0 Å². The SMILES string of the molecule is CC[N+](CC)(CC)CC.O=C([O-])c1ccc([N+](=O)[O-])cc1. The number of hydrogen-bond donors (Lipinski definition) is 0. The Hall–Kier alpha value is -1.95. The maximum absolute atomic E-state index is 10.2. The zero-order chi connectivity index (χ0) is 16.5. The van der Waals surface area contributed by atoms with Crippen LogP contribution in [0.2, 0.25) is 0 Å². The van der Waals surface area contributed by atoms with E-state index in [1.165, 1.54) is 30.7 Å². The van der Waals surface area contributed by atoms with Gasteiger partial charge in [0.25, 0.3) is 5.69 Å². The molecular weight excluding hydrogens is 272 g/mol. The molecule has 0 unspecified atom stereocenters. The first-order valence-electron chi connectivity index (χ1n) is 7.16. The highest BCUT2D eigenvalue weighted by Gasteiger charge is 2.16. The third kappa shape index (κ3) is 5.91. The second kappa shape index (κ2) is 9.07. The molecule has 0 aliphatic rings. The summed E-state index contributed by atoms with van der Waals surface area (Å²) >= 11 is 0. The largest absolute Gasteiger partial charge is 0.545 e. The van der Waals surface area contributed by atoms with Gasteiger partial charge >= 0.3 is 0 Å². The quantitative estimate of drug-likeness (QED) is 0.455. The Labute approximate surface area is 125 Å². The van der Waals surface area contributed by atoms with Gasteiger partial charge in [-0.05, 0) is 45.4 Å². The van der Waals surface area contributed by atoms with Crippen LogP contribution in [0.25, 0.3) is 0 Å². The molecule has 0 atom stereocenters. The van der Waals surface area contributed by atoms with E-state index in [0.717, 1.165) is 24.3 Å². The van der Waals surface area contributed by atoms with Crippen LogP contribution in [0.5, 0.6) is 0 Å². The number of nitrogens with zero attached hydrogens (tertiary/aromatic N) is 2. The molecule has 1 aromatic rings. The molecule has 1 rings (SSSR count). The summed E-state index contributed by atoms with van der Waals surface area (Å²) in [7, 11) is 0. The molecule has 0 aliphatic carbocycles. The number of aromatic carboxylic acids is 1. The third-order valence-electron chi connectivity index (χ3n) is 4.00. The molecule has 21 heavy (non-hydrogen) atoms. The van der Waals surface area contributed by atoms with Crippen molar-refractivity contribution in [1.29, 1.82) is 0 Å². The highest BCUT2D eigenvalue weighted by molar-refractivity contribution is 5.85. The molecule has 0 spiro atoms. The number of non-ortho nitro benzene ring substituents is 1. The van der Waals surface area contributed by atoms with Gasteiger partial charge in [-0.15, -0.1) is 0 Å². The standard InChI is InChI=1S/C8H20N.C7H5NO4/c1-5-9(6-2,7-3)8-4;9-7(10)5-1-3-6(4-2-5)8(11)12/h5-8H2,1-4H3;1-4H,(H,9,10)/q+1;/p-1. The zero-order valence-corrected chi connectivity index (χ0v) is 13.2. The van der Waals surface area contributed by atoms with Crippen molar-refractivity contribution in [3.8, 4) is 0 Å². The maximum Gasteiger partial charge on any atom is 0.269 e. The summed E-state index contributed by atoms with van der Waals surface area (Å²) in [6.07, 6.45) is 0. The van der Waals surface area contributed by atoms with E-state index in [9.17, 15) is 20.0 Å². The van der Waals surface area contributed by atoms with E-state index in [4.69, 9.17) is 0 Å².